The van der Waals surface area contributed by atoms with Crippen molar-refractivity contribution >= 4 is 28.5 Å². The third-order valence-electron chi connectivity index (χ3n) is 3.83. The molecule has 2 amide bonds. The van der Waals surface area contributed by atoms with Gasteiger partial charge in [-0.15, -0.1) is 11.3 Å². The molecule has 1 aliphatic rings. The van der Waals surface area contributed by atoms with Gasteiger partial charge < -0.3 is 10.0 Å². The largest absolute Gasteiger partial charge is 0.480 e. The molecule has 0 spiro atoms. The molecule has 0 radical (unpaired) electrons. The minimum absolute atomic E-state index is 0.0807. The fourth-order valence-electron chi connectivity index (χ4n) is 2.35. The molecule has 2 rings (SSSR count). The maximum Gasteiger partial charge on any atom is 0.329 e. The Kier molecular flexibility index (Phi) is 3.97. The molecule has 0 saturated carbocycles. The Morgan fingerprint density at radius 1 is 1.48 bits per heavy atom. The molecule has 0 aromatic carbocycles. The van der Waals surface area contributed by atoms with Gasteiger partial charge in [-0.05, 0) is 19.8 Å². The second-order valence-electron chi connectivity index (χ2n) is 6.55. The maximum atomic E-state index is 12.3. The molecule has 1 fully saturated rings. The summed E-state index contributed by atoms with van der Waals surface area (Å²) in [5, 5.41) is 14.5. The van der Waals surface area contributed by atoms with Crippen molar-refractivity contribution < 1.29 is 14.7 Å². The SMILES string of the molecule is CC(C)(C)c1csc(NC(=O)N2CCCC2(C)C(=O)O)n1. The maximum absolute atomic E-state index is 12.3. The van der Waals surface area contributed by atoms with Gasteiger partial charge in [0.1, 0.15) is 5.54 Å². The molecule has 1 aromatic heterocycles. The van der Waals surface area contributed by atoms with Crippen LogP contribution in [0.15, 0.2) is 5.38 Å². The number of aliphatic carboxylic acids is 1. The summed E-state index contributed by atoms with van der Waals surface area (Å²) in [6, 6.07) is -0.396. The first kappa shape index (κ1) is 15.8. The Morgan fingerprint density at radius 3 is 2.67 bits per heavy atom. The van der Waals surface area contributed by atoms with Gasteiger partial charge in [-0.2, -0.15) is 0 Å². The average Bonchev–Trinajstić information content (AvgIpc) is 2.95. The Hall–Kier alpha value is -1.63. The van der Waals surface area contributed by atoms with Crippen molar-refractivity contribution in [2.75, 3.05) is 11.9 Å². The number of carboxylic acid groups (broad SMARTS) is 1. The highest BCUT2D eigenvalue weighted by atomic mass is 32.1. The smallest absolute Gasteiger partial charge is 0.329 e. The molecule has 21 heavy (non-hydrogen) atoms. The number of nitrogens with one attached hydrogen (secondary N) is 1. The third kappa shape index (κ3) is 3.02. The number of carboxylic acids is 1. The predicted molar refractivity (Wildman–Crippen MR) is 81.8 cm³/mol. The summed E-state index contributed by atoms with van der Waals surface area (Å²) in [6.45, 7) is 8.19. The van der Waals surface area contributed by atoms with E-state index < -0.39 is 17.5 Å². The topological polar surface area (TPSA) is 82.5 Å². The number of urea groups is 1. The summed E-state index contributed by atoms with van der Waals surface area (Å²) >= 11 is 1.35. The summed E-state index contributed by atoms with van der Waals surface area (Å²) in [5.41, 5.74) is -0.304. The molecule has 1 aromatic rings. The van der Waals surface area contributed by atoms with Crippen LogP contribution < -0.4 is 5.32 Å². The summed E-state index contributed by atoms with van der Waals surface area (Å²) in [6.07, 6.45) is 1.17. The van der Waals surface area contributed by atoms with Gasteiger partial charge in [0, 0.05) is 17.3 Å². The monoisotopic (exact) mass is 311 g/mol. The number of hydrogen-bond donors (Lipinski definition) is 2. The van der Waals surface area contributed by atoms with E-state index in [1.807, 2.05) is 5.38 Å². The standard InChI is InChI=1S/C14H21N3O3S/c1-13(2,3)9-8-21-11(15-9)16-12(20)17-7-5-6-14(17,4)10(18)19/h8H,5-7H2,1-4H3,(H,18,19)(H,15,16,20). The number of rotatable bonds is 2. The first-order valence-corrected chi connectivity index (χ1v) is 7.80. The summed E-state index contributed by atoms with van der Waals surface area (Å²) in [4.78, 5) is 29.5. The summed E-state index contributed by atoms with van der Waals surface area (Å²) in [5.74, 6) is -0.968. The van der Waals surface area contributed by atoms with Crippen molar-refractivity contribution in [3.05, 3.63) is 11.1 Å². The third-order valence-corrected chi connectivity index (χ3v) is 4.59. The fraction of sp³-hybridized carbons (Fsp3) is 0.643. The van der Waals surface area contributed by atoms with Crippen molar-refractivity contribution in [1.82, 2.24) is 9.88 Å². The van der Waals surface area contributed by atoms with Crippen molar-refractivity contribution in [2.45, 2.75) is 51.5 Å². The van der Waals surface area contributed by atoms with Gasteiger partial charge >= 0.3 is 12.0 Å². The van der Waals surface area contributed by atoms with E-state index in [0.29, 0.717) is 24.5 Å². The normalized spacial score (nSPS) is 22.4. The predicted octanol–water partition coefficient (Wildman–Crippen LogP) is 2.91. The van der Waals surface area contributed by atoms with Gasteiger partial charge in [-0.25, -0.2) is 14.6 Å². The van der Waals surface area contributed by atoms with Crippen molar-refractivity contribution in [3.8, 4) is 0 Å². The second-order valence-corrected chi connectivity index (χ2v) is 7.41. The lowest BCUT2D eigenvalue weighted by Crippen LogP contribution is -2.52. The molecular formula is C14H21N3O3S. The summed E-state index contributed by atoms with van der Waals surface area (Å²) in [7, 11) is 0. The van der Waals surface area contributed by atoms with Crippen LogP contribution in [0.5, 0.6) is 0 Å². The molecule has 0 bridgehead atoms. The molecule has 2 N–H and O–H groups in total. The Morgan fingerprint density at radius 2 is 2.14 bits per heavy atom. The number of carbonyl (C=O) groups is 2. The van der Waals surface area contributed by atoms with Crippen LogP contribution in [0.25, 0.3) is 0 Å². The zero-order valence-electron chi connectivity index (χ0n) is 12.8. The van der Waals surface area contributed by atoms with E-state index in [-0.39, 0.29) is 5.41 Å². The summed E-state index contributed by atoms with van der Waals surface area (Å²) < 4.78 is 0. The average molecular weight is 311 g/mol. The highest BCUT2D eigenvalue weighted by molar-refractivity contribution is 7.13. The lowest BCUT2D eigenvalue weighted by Gasteiger charge is -2.30. The molecule has 1 atom stereocenters. The van der Waals surface area contributed by atoms with Crippen LogP contribution in [0.3, 0.4) is 0 Å². The molecule has 1 unspecified atom stereocenters. The van der Waals surface area contributed by atoms with E-state index in [0.717, 1.165) is 5.69 Å². The Balaban J connectivity index is 2.11. The minimum Gasteiger partial charge on any atom is -0.480 e. The van der Waals surface area contributed by atoms with E-state index in [1.54, 1.807) is 6.92 Å². The number of amides is 2. The van der Waals surface area contributed by atoms with Crippen LogP contribution in [-0.2, 0) is 10.2 Å². The van der Waals surface area contributed by atoms with Crippen molar-refractivity contribution in [2.24, 2.45) is 0 Å². The molecule has 6 nitrogen and oxygen atoms in total. The van der Waals surface area contributed by atoms with Gasteiger partial charge in [0.25, 0.3) is 0 Å². The number of nitrogens with zero attached hydrogens (tertiary/aromatic N) is 2. The van der Waals surface area contributed by atoms with Gasteiger partial charge in [-0.3, -0.25) is 5.32 Å². The van der Waals surface area contributed by atoms with Gasteiger partial charge in [-0.1, -0.05) is 20.8 Å². The number of aromatic nitrogens is 1. The molecule has 1 saturated heterocycles. The van der Waals surface area contributed by atoms with Crippen LogP contribution in [0, 0.1) is 0 Å². The minimum atomic E-state index is -1.13. The van der Waals surface area contributed by atoms with Crippen LogP contribution in [0.2, 0.25) is 0 Å². The number of thiazole rings is 1. The molecule has 2 heterocycles. The molecule has 1 aliphatic heterocycles. The molecule has 7 heteroatoms. The highest BCUT2D eigenvalue weighted by Crippen LogP contribution is 2.31. The fourth-order valence-corrected chi connectivity index (χ4v) is 3.27. The van der Waals surface area contributed by atoms with Gasteiger partial charge in [0.2, 0.25) is 0 Å². The van der Waals surface area contributed by atoms with E-state index in [2.05, 4.69) is 31.1 Å². The first-order chi connectivity index (χ1) is 9.64. The number of hydrogen-bond acceptors (Lipinski definition) is 4. The molecular weight excluding hydrogens is 290 g/mol. The lowest BCUT2D eigenvalue weighted by molar-refractivity contribution is -0.146. The lowest BCUT2D eigenvalue weighted by atomic mass is 9.93. The van der Waals surface area contributed by atoms with Gasteiger partial charge in [0.15, 0.2) is 5.13 Å². The van der Waals surface area contributed by atoms with Crippen molar-refractivity contribution in [1.29, 1.82) is 0 Å². The van der Waals surface area contributed by atoms with E-state index >= 15 is 0 Å². The molecule has 0 aliphatic carbocycles. The van der Waals surface area contributed by atoms with E-state index in [9.17, 15) is 14.7 Å². The zero-order valence-corrected chi connectivity index (χ0v) is 13.6. The van der Waals surface area contributed by atoms with Crippen LogP contribution in [-0.4, -0.2) is 39.1 Å². The quantitative estimate of drug-likeness (QED) is 0.879. The van der Waals surface area contributed by atoms with E-state index in [1.165, 1.54) is 16.2 Å². The van der Waals surface area contributed by atoms with Crippen LogP contribution in [0.1, 0.15) is 46.2 Å². The van der Waals surface area contributed by atoms with E-state index in [4.69, 9.17) is 0 Å². The van der Waals surface area contributed by atoms with Gasteiger partial charge in [0.05, 0.1) is 5.69 Å². The van der Waals surface area contributed by atoms with Crippen LogP contribution >= 0.6 is 11.3 Å². The highest BCUT2D eigenvalue weighted by Gasteiger charge is 2.46. The van der Waals surface area contributed by atoms with Crippen LogP contribution in [0.4, 0.5) is 9.93 Å². The Bertz CT molecular complexity index is 564. The number of carbonyl (C=O) groups excluding carboxylic acids is 1. The number of likely N-dealkylation sites (tertiary alicyclic amines) is 1. The first-order valence-electron chi connectivity index (χ1n) is 6.92. The second kappa shape index (κ2) is 5.29. The molecule has 116 valence electrons. The van der Waals surface area contributed by atoms with Crippen molar-refractivity contribution in [3.63, 3.8) is 0 Å². The Labute approximate surface area is 128 Å². The zero-order chi connectivity index (χ0) is 15.8. The number of anilines is 1.